The molecule has 2 N–H and O–H groups in total. The van der Waals surface area contributed by atoms with E-state index in [-0.39, 0.29) is 17.0 Å². The summed E-state index contributed by atoms with van der Waals surface area (Å²) < 4.78 is 50.4. The summed E-state index contributed by atoms with van der Waals surface area (Å²) in [6.07, 6.45) is 3.44. The van der Waals surface area contributed by atoms with Crippen molar-refractivity contribution in [2.45, 2.75) is 50.1 Å². The molecule has 2 aliphatic rings. The second kappa shape index (κ2) is 15.7. The summed E-state index contributed by atoms with van der Waals surface area (Å²) in [6.45, 7) is -0.0627. The molecule has 2 atom stereocenters. The smallest absolute Gasteiger partial charge is 0.402 e. The summed E-state index contributed by atoms with van der Waals surface area (Å²) in [4.78, 5) is 30.4. The number of hydrogen-bond acceptors (Lipinski definition) is 5. The highest BCUT2D eigenvalue weighted by molar-refractivity contribution is 6.23. The van der Waals surface area contributed by atoms with E-state index in [1.165, 1.54) is 24.3 Å². The maximum Gasteiger partial charge on any atom is 0.402 e. The number of hydrogen-bond donors (Lipinski definition) is 2. The van der Waals surface area contributed by atoms with Crippen LogP contribution in [0.5, 0.6) is 5.75 Å². The molecule has 0 aliphatic heterocycles. The highest BCUT2D eigenvalue weighted by Gasteiger charge is 2.58. The molecule has 0 spiro atoms. The molecule has 0 radical (unpaired) electrons. The summed E-state index contributed by atoms with van der Waals surface area (Å²) in [5.74, 6) is -1.91. The molecule has 2 unspecified atom stereocenters. The van der Waals surface area contributed by atoms with Crippen LogP contribution in [0.1, 0.15) is 61.6 Å². The zero-order valence-corrected chi connectivity index (χ0v) is 29.0. The topological polar surface area (TPSA) is 100.0 Å². The van der Waals surface area contributed by atoms with Gasteiger partial charge in [-0.2, -0.15) is 13.2 Å². The first kappa shape index (κ1) is 36.7. The predicted molar refractivity (Wildman–Crippen MR) is 194 cm³/mol. The van der Waals surface area contributed by atoms with Gasteiger partial charge in [-0.15, -0.1) is 11.6 Å². The van der Waals surface area contributed by atoms with E-state index in [0.717, 1.165) is 47.7 Å². The van der Waals surface area contributed by atoms with Crippen molar-refractivity contribution in [2.24, 2.45) is 5.41 Å². The van der Waals surface area contributed by atoms with Crippen molar-refractivity contribution in [3.63, 3.8) is 0 Å². The van der Waals surface area contributed by atoms with Crippen LogP contribution in [0.15, 0.2) is 103 Å². The van der Waals surface area contributed by atoms with E-state index in [9.17, 15) is 33.0 Å². The molecule has 4 aromatic rings. The average molecular weight is 731 g/mol. The number of allylic oxidation sites excluding steroid dienone is 3. The van der Waals surface area contributed by atoms with Crippen LogP contribution < -0.4 is 9.64 Å². The monoisotopic (exact) mass is 730 g/mol. The van der Waals surface area contributed by atoms with Crippen LogP contribution in [-0.4, -0.2) is 58.4 Å². The Morgan fingerprint density at radius 2 is 1.60 bits per heavy atom. The molecule has 1 aromatic heterocycles. The second-order valence-electron chi connectivity index (χ2n) is 13.1. The Labute approximate surface area is 305 Å². The number of carbonyl (C=O) groups is 2. The van der Waals surface area contributed by atoms with Gasteiger partial charge < -0.3 is 19.8 Å². The minimum Gasteiger partial charge on any atom is -0.492 e. The first-order chi connectivity index (χ1) is 24.9. The zero-order chi connectivity index (χ0) is 36.9. The van der Waals surface area contributed by atoms with Gasteiger partial charge in [0.1, 0.15) is 17.8 Å². The average Bonchev–Trinajstić information content (AvgIpc) is 3.14. The van der Waals surface area contributed by atoms with Crippen molar-refractivity contribution in [1.29, 1.82) is 0 Å². The number of fused-ring (bicyclic) bond motifs is 1. The number of rotatable bonds is 13. The molecule has 0 fully saturated rings. The molecule has 6 rings (SSSR count). The van der Waals surface area contributed by atoms with Crippen molar-refractivity contribution >= 4 is 34.8 Å². The zero-order valence-electron chi connectivity index (χ0n) is 28.3. The van der Waals surface area contributed by atoms with Crippen LogP contribution in [-0.2, 0) is 25.7 Å². The van der Waals surface area contributed by atoms with Crippen LogP contribution in [0.25, 0.3) is 5.57 Å². The van der Waals surface area contributed by atoms with Gasteiger partial charge in [-0.3, -0.25) is 0 Å². The van der Waals surface area contributed by atoms with Gasteiger partial charge in [0, 0.05) is 18.8 Å². The number of alkyl halides is 4. The Morgan fingerprint density at radius 1 is 0.904 bits per heavy atom. The van der Waals surface area contributed by atoms with Crippen LogP contribution in [0.3, 0.4) is 0 Å². The highest BCUT2D eigenvalue weighted by Crippen LogP contribution is 2.49. The van der Waals surface area contributed by atoms with Gasteiger partial charge in [-0.25, -0.2) is 14.6 Å². The van der Waals surface area contributed by atoms with Crippen LogP contribution in [0.2, 0.25) is 0 Å². The van der Waals surface area contributed by atoms with Crippen molar-refractivity contribution in [2.75, 3.05) is 24.6 Å². The van der Waals surface area contributed by atoms with E-state index in [1.54, 1.807) is 36.4 Å². The number of aromatic carboxylic acids is 2. The minimum atomic E-state index is -4.71. The maximum atomic E-state index is 14.8. The molecule has 7 nitrogen and oxygen atoms in total. The van der Waals surface area contributed by atoms with E-state index >= 15 is 0 Å². The third-order valence-corrected chi connectivity index (χ3v) is 10.3. The summed E-state index contributed by atoms with van der Waals surface area (Å²) in [6, 6.07) is 24.4. The summed E-state index contributed by atoms with van der Waals surface area (Å²) in [5.41, 5.74) is 2.73. The summed E-state index contributed by atoms with van der Waals surface area (Å²) in [5, 5.41) is 18.1. The van der Waals surface area contributed by atoms with E-state index in [1.807, 2.05) is 41.3 Å². The van der Waals surface area contributed by atoms with Crippen LogP contribution in [0.4, 0.5) is 18.9 Å². The Morgan fingerprint density at radius 3 is 2.29 bits per heavy atom. The number of aryl methyl sites for hydroxylation is 2. The number of ether oxygens (including phenoxy) is 1. The van der Waals surface area contributed by atoms with Crippen molar-refractivity contribution < 1.29 is 37.7 Å². The molecule has 2 aliphatic carbocycles. The fourth-order valence-corrected chi connectivity index (χ4v) is 7.13. The van der Waals surface area contributed by atoms with Crippen molar-refractivity contribution in [3.05, 3.63) is 142 Å². The first-order valence-electron chi connectivity index (χ1n) is 17.2. The van der Waals surface area contributed by atoms with Crippen molar-refractivity contribution in [1.82, 2.24) is 4.98 Å². The Hall–Kier alpha value is -5.09. The fourth-order valence-electron chi connectivity index (χ4n) is 6.73. The summed E-state index contributed by atoms with van der Waals surface area (Å²) >= 11 is 6.53. The molecule has 1 heterocycles. The third-order valence-electron chi connectivity index (χ3n) is 9.80. The number of halogens is 4. The summed E-state index contributed by atoms with van der Waals surface area (Å²) in [7, 11) is 0. The number of carboxylic acids is 2. The quantitative estimate of drug-likeness (QED) is 0.133. The number of para-hydroxylation sites is 1. The van der Waals surface area contributed by atoms with Crippen LogP contribution >= 0.6 is 11.6 Å². The minimum absolute atomic E-state index is 0.0568. The molecule has 0 amide bonds. The Kier molecular flexibility index (Phi) is 11.0. The second-order valence-corrected chi connectivity index (χ2v) is 13.6. The van der Waals surface area contributed by atoms with E-state index in [0.29, 0.717) is 49.2 Å². The van der Waals surface area contributed by atoms with E-state index in [2.05, 4.69) is 4.98 Å². The first-order valence-corrected chi connectivity index (χ1v) is 17.6. The SMILES string of the molecule is O=C(O)c1ccc(CCN(CCc2ccccc2OCC2(C(F)(F)F)C=CC(c3ccccc3)=CC2Cl)c2cc3c(nc2C(=O)O)CCCC3)cc1. The molecule has 0 saturated carbocycles. The lowest BCUT2D eigenvalue weighted by Crippen LogP contribution is -2.48. The Balaban J connectivity index is 1.25. The number of nitrogens with zero attached hydrogens (tertiary/aromatic N) is 2. The number of aromatic nitrogens is 1. The van der Waals surface area contributed by atoms with Gasteiger partial charge in [0.15, 0.2) is 5.69 Å². The largest absolute Gasteiger partial charge is 0.492 e. The molecule has 52 heavy (non-hydrogen) atoms. The van der Waals surface area contributed by atoms with Gasteiger partial charge in [0.2, 0.25) is 0 Å². The van der Waals surface area contributed by atoms with Gasteiger partial charge in [0.05, 0.1) is 16.6 Å². The molecule has 0 saturated heterocycles. The number of anilines is 1. The number of carboxylic acid groups (broad SMARTS) is 2. The molecular formula is C41H38ClF3N2O5. The lowest BCUT2D eigenvalue weighted by Gasteiger charge is -2.38. The van der Waals surface area contributed by atoms with E-state index in [4.69, 9.17) is 16.3 Å². The molecule has 0 bridgehead atoms. The molecular weight excluding hydrogens is 693 g/mol. The standard InChI is InChI=1S/C41H38ClF3N2O5/c42-36-25-31(28-8-2-1-3-9-28)18-21-40(36,41(43,44)45)26-52-35-13-7-5-10-29(35)20-23-47(22-19-27-14-16-30(17-15-27)38(48)49)34-24-32-11-4-6-12-33(32)46-37(34)39(50)51/h1-3,5,7-10,13-18,21,24-25,36H,4,6,11-12,19-20,22-23,26H2,(H,48,49)(H,50,51). The molecule has 11 heteroatoms. The van der Waals surface area contributed by atoms with Gasteiger partial charge in [-0.05, 0) is 90.6 Å². The maximum absolute atomic E-state index is 14.8. The van der Waals surface area contributed by atoms with E-state index < -0.39 is 35.5 Å². The third kappa shape index (κ3) is 8.02. The number of pyridine rings is 1. The highest BCUT2D eigenvalue weighted by atomic mass is 35.5. The Bertz CT molecular complexity index is 1980. The van der Waals surface area contributed by atoms with Gasteiger partial charge in [0.25, 0.3) is 0 Å². The van der Waals surface area contributed by atoms with Gasteiger partial charge >= 0.3 is 18.1 Å². The van der Waals surface area contributed by atoms with Crippen molar-refractivity contribution in [3.8, 4) is 5.75 Å². The predicted octanol–water partition coefficient (Wildman–Crippen LogP) is 8.84. The lowest BCUT2D eigenvalue weighted by atomic mass is 9.78. The normalized spacial score (nSPS) is 18.3. The number of benzene rings is 3. The van der Waals surface area contributed by atoms with Crippen LogP contribution in [0, 0.1) is 5.41 Å². The molecule has 270 valence electrons. The van der Waals surface area contributed by atoms with Gasteiger partial charge in [-0.1, -0.05) is 78.9 Å². The molecule has 3 aromatic carbocycles. The lowest BCUT2D eigenvalue weighted by molar-refractivity contribution is -0.212. The fraction of sp³-hybridized carbons (Fsp3) is 0.293.